The second-order valence-corrected chi connectivity index (χ2v) is 9.91. The van der Waals surface area contributed by atoms with Crippen molar-refractivity contribution in [3.63, 3.8) is 0 Å². The number of rotatable bonds is 10. The fraction of sp³-hybridized carbons (Fsp3) is 0.391. The lowest BCUT2D eigenvalue weighted by Crippen LogP contribution is -2.47. The third-order valence-corrected chi connectivity index (χ3v) is 6.69. The molecule has 0 aliphatic heterocycles. The quantitative estimate of drug-likeness (QED) is 0.544. The van der Waals surface area contributed by atoms with Crippen molar-refractivity contribution in [1.29, 1.82) is 0 Å². The van der Waals surface area contributed by atoms with Gasteiger partial charge in [0.05, 0.1) is 29.9 Å². The summed E-state index contributed by atoms with van der Waals surface area (Å²) >= 11 is 0. The first-order valence-electron chi connectivity index (χ1n) is 10.5. The van der Waals surface area contributed by atoms with Crippen LogP contribution in [0.5, 0.6) is 11.5 Å². The summed E-state index contributed by atoms with van der Waals surface area (Å²) in [6, 6.07) is 10.1. The van der Waals surface area contributed by atoms with Crippen LogP contribution in [-0.4, -0.2) is 58.4 Å². The van der Waals surface area contributed by atoms with Crippen molar-refractivity contribution in [2.24, 2.45) is 5.92 Å². The number of ether oxygens (including phenoxy) is 2. The van der Waals surface area contributed by atoms with Crippen molar-refractivity contribution < 1.29 is 27.5 Å². The lowest BCUT2D eigenvalue weighted by Gasteiger charge is -2.23. The highest BCUT2D eigenvalue weighted by Gasteiger charge is 2.27. The van der Waals surface area contributed by atoms with Gasteiger partial charge in [0, 0.05) is 14.1 Å². The topological polar surface area (TPSA) is 114 Å². The van der Waals surface area contributed by atoms with Crippen LogP contribution in [0.3, 0.4) is 0 Å². The van der Waals surface area contributed by atoms with E-state index in [0.717, 1.165) is 4.31 Å². The minimum Gasteiger partial charge on any atom is -0.495 e. The molecule has 1 atom stereocenters. The Balaban J connectivity index is 2.32. The van der Waals surface area contributed by atoms with Gasteiger partial charge in [0.2, 0.25) is 15.9 Å². The third-order valence-electron chi connectivity index (χ3n) is 4.87. The molecule has 1 unspecified atom stereocenters. The Morgan fingerprint density at radius 2 is 1.73 bits per heavy atom. The van der Waals surface area contributed by atoms with E-state index in [-0.39, 0.29) is 22.3 Å². The number of benzene rings is 2. The van der Waals surface area contributed by atoms with Gasteiger partial charge in [0.25, 0.3) is 5.91 Å². The van der Waals surface area contributed by atoms with Gasteiger partial charge in [-0.05, 0) is 43.2 Å². The van der Waals surface area contributed by atoms with E-state index in [0.29, 0.717) is 17.9 Å². The molecular weight excluding hydrogens is 446 g/mol. The molecule has 0 fully saturated rings. The maximum Gasteiger partial charge on any atom is 0.255 e. The highest BCUT2D eigenvalue weighted by atomic mass is 32.2. The van der Waals surface area contributed by atoms with Crippen LogP contribution in [0.25, 0.3) is 0 Å². The van der Waals surface area contributed by atoms with Gasteiger partial charge in [-0.2, -0.15) is 0 Å². The molecule has 0 spiro atoms. The number of para-hydroxylation sites is 1. The number of carbonyl (C=O) groups is 2. The number of hydrogen-bond donors (Lipinski definition) is 2. The molecule has 2 aromatic rings. The zero-order valence-electron chi connectivity index (χ0n) is 19.7. The number of anilines is 1. The van der Waals surface area contributed by atoms with Crippen molar-refractivity contribution >= 4 is 27.5 Å². The SMILES string of the molecule is CCOc1ccccc1C(=O)NC(C(=O)Nc1cc(S(=O)(=O)N(C)C)ccc1OC)C(C)C. The van der Waals surface area contributed by atoms with E-state index < -0.39 is 27.9 Å². The summed E-state index contributed by atoms with van der Waals surface area (Å²) in [5, 5.41) is 5.45. The molecule has 2 aromatic carbocycles. The van der Waals surface area contributed by atoms with Crippen LogP contribution in [-0.2, 0) is 14.8 Å². The zero-order valence-corrected chi connectivity index (χ0v) is 20.5. The first kappa shape index (κ1) is 26.1. The van der Waals surface area contributed by atoms with Crippen LogP contribution in [0.2, 0.25) is 0 Å². The summed E-state index contributed by atoms with van der Waals surface area (Å²) in [5.41, 5.74) is 0.495. The predicted molar refractivity (Wildman–Crippen MR) is 126 cm³/mol. The molecule has 2 rings (SSSR count). The molecule has 0 saturated carbocycles. The molecule has 2 amide bonds. The molecule has 0 aromatic heterocycles. The molecule has 2 N–H and O–H groups in total. The van der Waals surface area contributed by atoms with Gasteiger partial charge in [0.1, 0.15) is 17.5 Å². The molecule has 0 saturated heterocycles. The second-order valence-electron chi connectivity index (χ2n) is 7.76. The van der Waals surface area contributed by atoms with Crippen molar-refractivity contribution in [3.8, 4) is 11.5 Å². The van der Waals surface area contributed by atoms with Crippen LogP contribution in [0.4, 0.5) is 5.69 Å². The first-order valence-corrected chi connectivity index (χ1v) is 11.9. The highest BCUT2D eigenvalue weighted by molar-refractivity contribution is 7.89. The number of sulfonamides is 1. The lowest BCUT2D eigenvalue weighted by molar-refractivity contribution is -0.118. The number of amides is 2. The van der Waals surface area contributed by atoms with E-state index >= 15 is 0 Å². The van der Waals surface area contributed by atoms with Gasteiger partial charge < -0.3 is 20.1 Å². The molecule has 33 heavy (non-hydrogen) atoms. The molecule has 180 valence electrons. The van der Waals surface area contributed by atoms with E-state index in [1.165, 1.54) is 39.4 Å². The largest absolute Gasteiger partial charge is 0.495 e. The number of nitrogens with one attached hydrogen (secondary N) is 2. The van der Waals surface area contributed by atoms with Crippen LogP contribution < -0.4 is 20.1 Å². The van der Waals surface area contributed by atoms with Crippen molar-refractivity contribution in [2.75, 3.05) is 33.1 Å². The Morgan fingerprint density at radius 3 is 2.30 bits per heavy atom. The summed E-state index contributed by atoms with van der Waals surface area (Å²) in [7, 11) is 0.533. The zero-order chi connectivity index (χ0) is 24.8. The van der Waals surface area contributed by atoms with Gasteiger partial charge in [-0.15, -0.1) is 0 Å². The Labute approximate surface area is 195 Å². The summed E-state index contributed by atoms with van der Waals surface area (Å²) < 4.78 is 36.9. The van der Waals surface area contributed by atoms with Gasteiger partial charge in [0.15, 0.2) is 0 Å². The molecular formula is C23H31N3O6S. The van der Waals surface area contributed by atoms with E-state index in [2.05, 4.69) is 10.6 Å². The van der Waals surface area contributed by atoms with Crippen LogP contribution in [0, 0.1) is 5.92 Å². The summed E-state index contributed by atoms with van der Waals surface area (Å²) in [5.74, 6) is -0.512. The normalized spacial score (nSPS) is 12.4. The Bertz CT molecular complexity index is 1100. The molecule has 0 aliphatic rings. The van der Waals surface area contributed by atoms with Gasteiger partial charge >= 0.3 is 0 Å². The summed E-state index contributed by atoms with van der Waals surface area (Å²) in [4.78, 5) is 26.0. The van der Waals surface area contributed by atoms with Crippen molar-refractivity contribution in [3.05, 3.63) is 48.0 Å². The molecule has 0 radical (unpaired) electrons. The van der Waals surface area contributed by atoms with Crippen LogP contribution >= 0.6 is 0 Å². The number of carbonyl (C=O) groups excluding carboxylic acids is 2. The monoisotopic (exact) mass is 477 g/mol. The lowest BCUT2D eigenvalue weighted by atomic mass is 10.0. The first-order chi connectivity index (χ1) is 15.5. The van der Waals surface area contributed by atoms with Crippen LogP contribution in [0.15, 0.2) is 47.4 Å². The van der Waals surface area contributed by atoms with E-state index in [4.69, 9.17) is 9.47 Å². The summed E-state index contributed by atoms with van der Waals surface area (Å²) in [6.45, 7) is 5.80. The van der Waals surface area contributed by atoms with E-state index in [1.54, 1.807) is 38.1 Å². The average molecular weight is 478 g/mol. The molecule has 0 aliphatic carbocycles. The maximum absolute atomic E-state index is 13.1. The Hall–Kier alpha value is -3.11. The minimum atomic E-state index is -3.72. The highest BCUT2D eigenvalue weighted by Crippen LogP contribution is 2.29. The van der Waals surface area contributed by atoms with Gasteiger partial charge in [-0.25, -0.2) is 12.7 Å². The number of nitrogens with zero attached hydrogens (tertiary/aromatic N) is 1. The fourth-order valence-electron chi connectivity index (χ4n) is 3.06. The number of hydrogen-bond acceptors (Lipinski definition) is 6. The third kappa shape index (κ3) is 6.23. The number of methoxy groups -OCH3 is 1. The maximum atomic E-state index is 13.1. The molecule has 10 heteroatoms. The second kappa shape index (κ2) is 11.2. The summed E-state index contributed by atoms with van der Waals surface area (Å²) in [6.07, 6.45) is 0. The Morgan fingerprint density at radius 1 is 1.06 bits per heavy atom. The predicted octanol–water partition coefficient (Wildman–Crippen LogP) is 2.74. The smallest absolute Gasteiger partial charge is 0.255 e. The van der Waals surface area contributed by atoms with E-state index in [1.807, 2.05) is 6.92 Å². The van der Waals surface area contributed by atoms with Crippen molar-refractivity contribution in [2.45, 2.75) is 31.7 Å². The van der Waals surface area contributed by atoms with Crippen molar-refractivity contribution in [1.82, 2.24) is 9.62 Å². The van der Waals surface area contributed by atoms with E-state index in [9.17, 15) is 18.0 Å². The molecule has 9 nitrogen and oxygen atoms in total. The fourth-order valence-corrected chi connectivity index (χ4v) is 3.98. The standard InChI is InChI=1S/C23H31N3O6S/c1-7-32-19-11-9-8-10-17(19)22(27)25-21(15(2)3)23(28)24-18-14-16(12-13-20(18)31-6)33(29,30)26(4)5/h8-15,21H,7H2,1-6H3,(H,24,28)(H,25,27). The van der Waals surface area contributed by atoms with Gasteiger partial charge in [-0.3, -0.25) is 9.59 Å². The van der Waals surface area contributed by atoms with Crippen LogP contribution in [0.1, 0.15) is 31.1 Å². The Kier molecular flexibility index (Phi) is 8.84. The minimum absolute atomic E-state index is 0.000579. The average Bonchev–Trinajstić information content (AvgIpc) is 2.77. The molecule has 0 heterocycles. The van der Waals surface area contributed by atoms with Gasteiger partial charge in [-0.1, -0.05) is 26.0 Å². The molecule has 0 bridgehead atoms.